The number of rotatable bonds is 9. The van der Waals surface area contributed by atoms with Crippen LogP contribution in [0.3, 0.4) is 0 Å². The van der Waals surface area contributed by atoms with Gasteiger partial charge in [0.1, 0.15) is 22.5 Å². The highest BCUT2D eigenvalue weighted by molar-refractivity contribution is 7.91. The van der Waals surface area contributed by atoms with E-state index < -0.39 is 15.1 Å². The van der Waals surface area contributed by atoms with Gasteiger partial charge in [-0.1, -0.05) is 12.1 Å². The monoisotopic (exact) mass is 429 g/mol. The van der Waals surface area contributed by atoms with E-state index >= 15 is 0 Å². The molecule has 1 N–H and O–H groups in total. The zero-order valence-corrected chi connectivity index (χ0v) is 17.5. The smallest absolute Gasteiger partial charge is 0.224 e. The minimum absolute atomic E-state index is 0.114. The summed E-state index contributed by atoms with van der Waals surface area (Å²) in [6, 6.07) is 16.4. The number of carbonyl (C=O) groups is 1. The Kier molecular flexibility index (Phi) is 6.79. The number of ether oxygens (including phenoxy) is 2. The predicted octanol–water partition coefficient (Wildman–Crippen LogP) is 3.17. The Balaban J connectivity index is 1.74. The van der Waals surface area contributed by atoms with E-state index in [1.165, 1.54) is 25.5 Å². The first-order valence-electron chi connectivity index (χ1n) is 9.25. The van der Waals surface area contributed by atoms with Crippen LogP contribution in [0.15, 0.2) is 76.2 Å². The van der Waals surface area contributed by atoms with Crippen LogP contribution in [0.25, 0.3) is 0 Å². The molecule has 7 nitrogen and oxygen atoms in total. The summed E-state index contributed by atoms with van der Waals surface area (Å²) in [4.78, 5) is 12.5. The summed E-state index contributed by atoms with van der Waals surface area (Å²) in [7, 11) is -0.730. The first-order valence-corrected chi connectivity index (χ1v) is 10.8. The minimum Gasteiger partial charge on any atom is -0.497 e. The van der Waals surface area contributed by atoms with Crippen LogP contribution in [-0.4, -0.2) is 35.1 Å². The lowest BCUT2D eigenvalue weighted by atomic mass is 10.1. The van der Waals surface area contributed by atoms with Crippen LogP contribution in [0.2, 0.25) is 0 Å². The number of carbonyl (C=O) groups excluding carboxylic acids is 1. The first kappa shape index (κ1) is 21.4. The van der Waals surface area contributed by atoms with Gasteiger partial charge in [-0.15, -0.1) is 0 Å². The van der Waals surface area contributed by atoms with Crippen LogP contribution in [0.1, 0.15) is 16.6 Å². The van der Waals surface area contributed by atoms with Gasteiger partial charge in [0.05, 0.1) is 31.8 Å². The van der Waals surface area contributed by atoms with Crippen LogP contribution in [-0.2, 0) is 21.1 Å². The predicted molar refractivity (Wildman–Crippen MR) is 111 cm³/mol. The Bertz CT molecular complexity index is 1060. The summed E-state index contributed by atoms with van der Waals surface area (Å²) in [6.45, 7) is -0.114. The molecular formula is C22H23NO6S. The molecule has 1 amide bonds. The van der Waals surface area contributed by atoms with Gasteiger partial charge in [0, 0.05) is 6.54 Å². The fourth-order valence-electron chi connectivity index (χ4n) is 2.97. The molecule has 0 radical (unpaired) electrons. The van der Waals surface area contributed by atoms with Gasteiger partial charge in [-0.05, 0) is 54.1 Å². The molecule has 30 heavy (non-hydrogen) atoms. The van der Waals surface area contributed by atoms with Crippen LogP contribution in [0, 0.1) is 0 Å². The second-order valence-corrected chi connectivity index (χ2v) is 8.68. The van der Waals surface area contributed by atoms with E-state index in [4.69, 9.17) is 13.9 Å². The molecule has 1 atom stereocenters. The molecule has 0 aliphatic carbocycles. The standard InChI is InChI=1S/C22H23NO6S/c1-27-17-7-5-16(6-8-17)14-22(24)23-15-21(20-4-3-13-29-20)30(25,26)19-11-9-18(28-2)10-12-19/h3-13,21H,14-15H2,1-2H3,(H,23,24)/t21-/m1/s1. The fourth-order valence-corrected chi connectivity index (χ4v) is 4.55. The van der Waals surface area contributed by atoms with Crippen LogP contribution in [0.4, 0.5) is 0 Å². The summed E-state index contributed by atoms with van der Waals surface area (Å²) in [5, 5.41) is 1.66. The number of hydrogen-bond acceptors (Lipinski definition) is 6. The summed E-state index contributed by atoms with van der Waals surface area (Å²) >= 11 is 0. The summed E-state index contributed by atoms with van der Waals surface area (Å²) in [6.07, 6.45) is 1.53. The first-order chi connectivity index (χ1) is 14.4. The van der Waals surface area contributed by atoms with Gasteiger partial charge in [0.2, 0.25) is 5.91 Å². The van der Waals surface area contributed by atoms with Crippen molar-refractivity contribution in [2.75, 3.05) is 20.8 Å². The van der Waals surface area contributed by atoms with Gasteiger partial charge >= 0.3 is 0 Å². The molecule has 0 aliphatic rings. The van der Waals surface area contributed by atoms with Crippen molar-refractivity contribution in [2.24, 2.45) is 0 Å². The van der Waals surface area contributed by atoms with Gasteiger partial charge in [0.25, 0.3) is 0 Å². The molecule has 0 saturated carbocycles. The van der Waals surface area contributed by atoms with Crippen molar-refractivity contribution < 1.29 is 27.1 Å². The number of methoxy groups -OCH3 is 2. The Morgan fingerprint density at radius 2 is 1.57 bits per heavy atom. The van der Waals surface area contributed by atoms with Gasteiger partial charge in [-0.2, -0.15) is 0 Å². The van der Waals surface area contributed by atoms with Crippen molar-refractivity contribution in [3.63, 3.8) is 0 Å². The number of hydrogen-bond donors (Lipinski definition) is 1. The Labute approximate surface area is 175 Å². The number of benzene rings is 2. The highest BCUT2D eigenvalue weighted by Crippen LogP contribution is 2.30. The van der Waals surface area contributed by atoms with Crippen molar-refractivity contribution in [3.8, 4) is 11.5 Å². The third-order valence-corrected chi connectivity index (χ3v) is 6.71. The van der Waals surface area contributed by atoms with E-state index in [-0.39, 0.29) is 29.5 Å². The topological polar surface area (TPSA) is 94.8 Å². The number of sulfone groups is 1. The average Bonchev–Trinajstić information content (AvgIpc) is 3.28. The van der Waals surface area contributed by atoms with Crippen LogP contribution in [0.5, 0.6) is 11.5 Å². The minimum atomic E-state index is -3.81. The molecule has 3 rings (SSSR count). The van der Waals surface area contributed by atoms with E-state index in [0.717, 1.165) is 5.56 Å². The maximum atomic E-state index is 13.2. The molecule has 2 aromatic carbocycles. The number of amides is 1. The summed E-state index contributed by atoms with van der Waals surface area (Å²) in [5.74, 6) is 1.22. The van der Waals surface area contributed by atoms with Crippen LogP contribution >= 0.6 is 0 Å². The molecule has 0 unspecified atom stereocenters. The molecule has 0 saturated heterocycles. The largest absolute Gasteiger partial charge is 0.497 e. The normalized spacial score (nSPS) is 12.2. The van der Waals surface area contributed by atoms with Crippen molar-refractivity contribution in [2.45, 2.75) is 16.6 Å². The van der Waals surface area contributed by atoms with Gasteiger partial charge in [-0.3, -0.25) is 4.79 Å². The van der Waals surface area contributed by atoms with E-state index in [1.54, 1.807) is 55.6 Å². The number of nitrogens with one attached hydrogen (secondary N) is 1. The molecule has 1 heterocycles. The third kappa shape index (κ3) is 5.01. The molecule has 3 aromatic rings. The molecule has 8 heteroatoms. The zero-order chi connectivity index (χ0) is 21.6. The third-order valence-electron chi connectivity index (χ3n) is 4.63. The van der Waals surface area contributed by atoms with Crippen molar-refractivity contribution in [1.82, 2.24) is 5.32 Å². The lowest BCUT2D eigenvalue weighted by molar-refractivity contribution is -0.120. The molecular weight excluding hydrogens is 406 g/mol. The molecule has 0 fully saturated rings. The second-order valence-electron chi connectivity index (χ2n) is 6.55. The maximum absolute atomic E-state index is 13.2. The van der Waals surface area contributed by atoms with Crippen molar-refractivity contribution >= 4 is 15.7 Å². The maximum Gasteiger partial charge on any atom is 0.224 e. The SMILES string of the molecule is COc1ccc(CC(=O)NC[C@H](c2ccco2)S(=O)(=O)c2ccc(OC)cc2)cc1. The zero-order valence-electron chi connectivity index (χ0n) is 16.7. The lowest BCUT2D eigenvalue weighted by Gasteiger charge is -2.17. The summed E-state index contributed by atoms with van der Waals surface area (Å²) in [5.41, 5.74) is 0.792. The Hall–Kier alpha value is -3.26. The van der Waals surface area contributed by atoms with E-state index in [0.29, 0.717) is 11.5 Å². The quantitative estimate of drug-likeness (QED) is 0.561. The van der Waals surface area contributed by atoms with Gasteiger partial charge < -0.3 is 19.2 Å². The molecule has 0 spiro atoms. The molecule has 158 valence electrons. The highest BCUT2D eigenvalue weighted by atomic mass is 32.2. The van der Waals surface area contributed by atoms with E-state index in [9.17, 15) is 13.2 Å². The number of furan rings is 1. The highest BCUT2D eigenvalue weighted by Gasteiger charge is 2.31. The lowest BCUT2D eigenvalue weighted by Crippen LogP contribution is -2.32. The molecule has 1 aromatic heterocycles. The van der Waals surface area contributed by atoms with Crippen molar-refractivity contribution in [3.05, 3.63) is 78.3 Å². The van der Waals surface area contributed by atoms with E-state index in [2.05, 4.69) is 5.32 Å². The second kappa shape index (κ2) is 9.49. The van der Waals surface area contributed by atoms with Gasteiger partial charge in [-0.25, -0.2) is 8.42 Å². The average molecular weight is 429 g/mol. The fraction of sp³-hybridized carbons (Fsp3) is 0.227. The van der Waals surface area contributed by atoms with E-state index in [1.807, 2.05) is 0 Å². The summed E-state index contributed by atoms with van der Waals surface area (Å²) < 4.78 is 42.0. The van der Waals surface area contributed by atoms with Gasteiger partial charge in [0.15, 0.2) is 9.84 Å². The molecule has 0 aliphatic heterocycles. The van der Waals surface area contributed by atoms with Crippen molar-refractivity contribution in [1.29, 1.82) is 0 Å². The molecule has 0 bridgehead atoms. The van der Waals surface area contributed by atoms with Crippen LogP contribution < -0.4 is 14.8 Å². The Morgan fingerprint density at radius 1 is 0.967 bits per heavy atom. The Morgan fingerprint density at radius 3 is 2.10 bits per heavy atom.